The number of hydrogen-bond donors (Lipinski definition) is 1. The van der Waals surface area contributed by atoms with Crippen LogP contribution in [0.1, 0.15) is 12.8 Å². The van der Waals surface area contributed by atoms with E-state index >= 15 is 0 Å². The fraction of sp³-hybridized carbons (Fsp3) is 0.300. The Hall–Kier alpha value is -2.52. The molecule has 1 fully saturated rings. The normalized spacial score (nSPS) is 15.6. The van der Waals surface area contributed by atoms with Crippen LogP contribution in [0.15, 0.2) is 47.4 Å². The van der Waals surface area contributed by atoms with Crippen molar-refractivity contribution < 1.29 is 17.6 Å². The number of para-hydroxylation sites is 1. The molecule has 9 heteroatoms. The summed E-state index contributed by atoms with van der Waals surface area (Å²) in [5.74, 6) is -0.528. The van der Waals surface area contributed by atoms with E-state index in [9.17, 15) is 17.6 Å². The van der Waals surface area contributed by atoms with Crippen molar-refractivity contribution in [3.05, 3.63) is 48.3 Å². The largest absolute Gasteiger partial charge is 0.348 e. The van der Waals surface area contributed by atoms with Gasteiger partial charge in [-0.05, 0) is 49.2 Å². The molecule has 0 saturated carbocycles. The number of benzene rings is 2. The molecule has 152 valence electrons. The van der Waals surface area contributed by atoms with E-state index in [4.69, 9.17) is 0 Å². The summed E-state index contributed by atoms with van der Waals surface area (Å²) in [5, 5.41) is 3.64. The molecule has 1 aliphatic rings. The van der Waals surface area contributed by atoms with Crippen molar-refractivity contribution in [2.45, 2.75) is 17.7 Å². The van der Waals surface area contributed by atoms with Crippen LogP contribution >= 0.6 is 11.3 Å². The van der Waals surface area contributed by atoms with Crippen LogP contribution in [0.3, 0.4) is 0 Å². The maximum Gasteiger partial charge on any atom is 0.227 e. The molecule has 2 aromatic carbocycles. The van der Waals surface area contributed by atoms with Crippen molar-refractivity contribution in [3.63, 3.8) is 0 Å². The zero-order valence-electron chi connectivity index (χ0n) is 15.8. The van der Waals surface area contributed by atoms with Crippen LogP contribution in [0.25, 0.3) is 10.2 Å². The van der Waals surface area contributed by atoms with Crippen molar-refractivity contribution in [2.75, 3.05) is 29.6 Å². The number of aromatic nitrogens is 1. The SMILES string of the molecule is CS(=O)(=O)c1ccc(NC(=O)C2CCN(c3nc4c(F)cccc4s3)CC2)cc1. The van der Waals surface area contributed by atoms with Crippen molar-refractivity contribution >= 4 is 48.1 Å². The van der Waals surface area contributed by atoms with Crippen molar-refractivity contribution in [2.24, 2.45) is 5.92 Å². The quantitative estimate of drug-likeness (QED) is 0.679. The second-order valence-electron chi connectivity index (χ2n) is 7.13. The molecular formula is C20H20FN3O3S2. The van der Waals surface area contributed by atoms with Crippen LogP contribution in [-0.4, -0.2) is 38.7 Å². The molecule has 4 rings (SSSR count). The van der Waals surface area contributed by atoms with E-state index in [0.717, 1.165) is 16.1 Å². The van der Waals surface area contributed by atoms with Crippen molar-refractivity contribution in [1.29, 1.82) is 0 Å². The van der Waals surface area contributed by atoms with Crippen LogP contribution in [-0.2, 0) is 14.6 Å². The molecule has 0 spiro atoms. The number of nitrogens with one attached hydrogen (secondary N) is 1. The minimum absolute atomic E-state index is 0.0768. The lowest BCUT2D eigenvalue weighted by atomic mass is 9.96. The molecular weight excluding hydrogens is 413 g/mol. The van der Waals surface area contributed by atoms with Crippen LogP contribution in [0.5, 0.6) is 0 Å². The van der Waals surface area contributed by atoms with Crippen LogP contribution in [0.2, 0.25) is 0 Å². The number of nitrogens with zero attached hydrogens (tertiary/aromatic N) is 2. The van der Waals surface area contributed by atoms with Gasteiger partial charge in [-0.1, -0.05) is 17.4 Å². The number of thiazole rings is 1. The van der Waals surface area contributed by atoms with E-state index < -0.39 is 9.84 Å². The number of piperidine rings is 1. The molecule has 1 amide bonds. The highest BCUT2D eigenvalue weighted by Crippen LogP contribution is 2.32. The zero-order valence-corrected chi connectivity index (χ0v) is 17.4. The Balaban J connectivity index is 1.37. The molecule has 29 heavy (non-hydrogen) atoms. The predicted octanol–water partition coefficient (Wildman–Crippen LogP) is 3.69. The summed E-state index contributed by atoms with van der Waals surface area (Å²) < 4.78 is 37.7. The molecule has 0 unspecified atom stereocenters. The van der Waals surface area contributed by atoms with Gasteiger partial charge in [0.15, 0.2) is 15.0 Å². The van der Waals surface area contributed by atoms with Gasteiger partial charge in [-0.2, -0.15) is 0 Å². The van der Waals surface area contributed by atoms with Gasteiger partial charge in [-0.3, -0.25) is 4.79 Å². The summed E-state index contributed by atoms with van der Waals surface area (Å²) in [5.41, 5.74) is 0.969. The van der Waals surface area contributed by atoms with Gasteiger partial charge in [0.25, 0.3) is 0 Å². The number of hydrogen-bond acceptors (Lipinski definition) is 6. The lowest BCUT2D eigenvalue weighted by Gasteiger charge is -2.31. The van der Waals surface area contributed by atoms with Crippen LogP contribution in [0, 0.1) is 11.7 Å². The number of carbonyl (C=O) groups is 1. The van der Waals surface area contributed by atoms with Gasteiger partial charge in [0.2, 0.25) is 5.91 Å². The van der Waals surface area contributed by atoms with Gasteiger partial charge >= 0.3 is 0 Å². The minimum atomic E-state index is -3.26. The first-order valence-corrected chi connectivity index (χ1v) is 11.9. The highest BCUT2D eigenvalue weighted by Gasteiger charge is 2.27. The van der Waals surface area contributed by atoms with E-state index in [1.54, 1.807) is 18.2 Å². The summed E-state index contributed by atoms with van der Waals surface area (Å²) in [6.07, 6.45) is 2.49. The molecule has 1 aromatic heterocycles. The van der Waals surface area contributed by atoms with E-state index in [2.05, 4.69) is 15.2 Å². The van der Waals surface area contributed by atoms with Gasteiger partial charge < -0.3 is 10.2 Å². The number of rotatable bonds is 4. The number of anilines is 2. The Bertz CT molecular complexity index is 1150. The second kappa shape index (κ2) is 7.72. The maximum atomic E-state index is 13.9. The third-order valence-corrected chi connectivity index (χ3v) is 7.25. The monoisotopic (exact) mass is 433 g/mol. The average molecular weight is 434 g/mol. The molecule has 6 nitrogen and oxygen atoms in total. The number of amides is 1. The molecule has 0 radical (unpaired) electrons. The standard InChI is InChI=1S/C20H20FN3O3S2/c1-29(26,27)15-7-5-14(6-8-15)22-19(25)13-9-11-24(12-10-13)20-23-18-16(21)3-2-4-17(18)28-20/h2-8,13H,9-12H2,1H3,(H,22,25). The number of halogens is 1. The Labute approximate surface area is 172 Å². The molecule has 0 bridgehead atoms. The molecule has 0 atom stereocenters. The maximum absolute atomic E-state index is 13.9. The topological polar surface area (TPSA) is 79.4 Å². The molecule has 3 aromatic rings. The highest BCUT2D eigenvalue weighted by atomic mass is 32.2. The number of fused-ring (bicyclic) bond motifs is 1. The molecule has 1 N–H and O–H groups in total. The fourth-order valence-electron chi connectivity index (χ4n) is 3.40. The summed E-state index contributed by atoms with van der Waals surface area (Å²) in [6.45, 7) is 1.35. The summed E-state index contributed by atoms with van der Waals surface area (Å²) in [7, 11) is -3.26. The lowest BCUT2D eigenvalue weighted by molar-refractivity contribution is -0.120. The first-order chi connectivity index (χ1) is 13.8. The molecule has 1 aliphatic heterocycles. The van der Waals surface area contributed by atoms with Gasteiger partial charge in [0.05, 0.1) is 9.60 Å². The van der Waals surface area contributed by atoms with E-state index in [1.807, 2.05) is 6.07 Å². The van der Waals surface area contributed by atoms with Crippen LogP contribution < -0.4 is 10.2 Å². The average Bonchev–Trinajstić information content (AvgIpc) is 3.14. The Kier molecular flexibility index (Phi) is 5.26. The minimum Gasteiger partial charge on any atom is -0.348 e. The van der Waals surface area contributed by atoms with Gasteiger partial charge in [0.1, 0.15) is 11.3 Å². The first kappa shape index (κ1) is 19.8. The Morgan fingerprint density at radius 2 is 1.86 bits per heavy atom. The van der Waals surface area contributed by atoms with E-state index in [0.29, 0.717) is 37.1 Å². The molecule has 2 heterocycles. The molecule has 0 aliphatic carbocycles. The number of carbonyl (C=O) groups excluding carboxylic acids is 1. The predicted molar refractivity (Wildman–Crippen MR) is 113 cm³/mol. The third kappa shape index (κ3) is 4.25. The summed E-state index contributed by atoms with van der Waals surface area (Å²) in [4.78, 5) is 19.3. The smallest absolute Gasteiger partial charge is 0.227 e. The van der Waals surface area contributed by atoms with E-state index in [-0.39, 0.29) is 22.5 Å². The second-order valence-corrected chi connectivity index (χ2v) is 10.2. The van der Waals surface area contributed by atoms with Gasteiger partial charge in [0, 0.05) is 31.0 Å². The summed E-state index contributed by atoms with van der Waals surface area (Å²) in [6, 6.07) is 11.1. The Morgan fingerprint density at radius 3 is 2.48 bits per heavy atom. The molecule has 1 saturated heterocycles. The van der Waals surface area contributed by atoms with Crippen LogP contribution in [0.4, 0.5) is 15.2 Å². The van der Waals surface area contributed by atoms with Crippen molar-refractivity contribution in [3.8, 4) is 0 Å². The number of sulfone groups is 1. The zero-order chi connectivity index (χ0) is 20.6. The third-order valence-electron chi connectivity index (χ3n) is 5.04. The van der Waals surface area contributed by atoms with Crippen molar-refractivity contribution in [1.82, 2.24) is 4.98 Å². The van der Waals surface area contributed by atoms with Gasteiger partial charge in [-0.25, -0.2) is 17.8 Å². The van der Waals surface area contributed by atoms with E-state index in [1.165, 1.54) is 29.5 Å². The van der Waals surface area contributed by atoms with Gasteiger partial charge in [-0.15, -0.1) is 0 Å². The first-order valence-electron chi connectivity index (χ1n) is 9.22. The lowest BCUT2D eigenvalue weighted by Crippen LogP contribution is -2.38. The fourth-order valence-corrected chi connectivity index (χ4v) is 5.06. The summed E-state index contributed by atoms with van der Waals surface area (Å²) >= 11 is 1.46. The Morgan fingerprint density at radius 1 is 1.17 bits per heavy atom. The highest BCUT2D eigenvalue weighted by molar-refractivity contribution is 7.90.